The molecule has 1 heterocycles. The fourth-order valence-corrected chi connectivity index (χ4v) is 1.55. The molecule has 7 heteroatoms. The fourth-order valence-electron chi connectivity index (χ4n) is 1.55. The molecule has 2 N–H and O–H groups in total. The molecular weight excluding hydrogens is 248 g/mol. The van der Waals surface area contributed by atoms with Gasteiger partial charge in [0.25, 0.3) is 0 Å². The van der Waals surface area contributed by atoms with Gasteiger partial charge in [0, 0.05) is 25.2 Å². The van der Waals surface area contributed by atoms with Gasteiger partial charge >= 0.3 is 5.97 Å². The number of rotatable bonds is 6. The van der Waals surface area contributed by atoms with Gasteiger partial charge in [-0.1, -0.05) is 0 Å². The Kier molecular flexibility index (Phi) is 4.27. The maximum Gasteiger partial charge on any atom is 0.343 e. The van der Waals surface area contributed by atoms with E-state index in [-0.39, 0.29) is 11.5 Å². The van der Waals surface area contributed by atoms with Gasteiger partial charge in [0.15, 0.2) is 0 Å². The number of aromatic nitrogens is 2. The van der Waals surface area contributed by atoms with Crippen molar-refractivity contribution in [3.8, 4) is 0 Å². The smallest absolute Gasteiger partial charge is 0.343 e. The summed E-state index contributed by atoms with van der Waals surface area (Å²) in [4.78, 5) is 30.7. The number of amides is 1. The lowest BCUT2D eigenvalue weighted by atomic mass is 10.3. The Bertz CT molecular complexity index is 474. The predicted molar refractivity (Wildman–Crippen MR) is 67.6 cm³/mol. The Hall–Kier alpha value is -2.18. The average molecular weight is 264 g/mol. The number of methoxy groups -OCH3 is 1. The van der Waals surface area contributed by atoms with Gasteiger partial charge in [0.2, 0.25) is 5.91 Å². The molecule has 0 atom stereocenters. The van der Waals surface area contributed by atoms with Crippen LogP contribution in [0.5, 0.6) is 0 Å². The minimum atomic E-state index is -0.509. The van der Waals surface area contributed by atoms with Crippen molar-refractivity contribution in [2.45, 2.75) is 25.3 Å². The molecule has 0 saturated heterocycles. The first-order valence-corrected chi connectivity index (χ1v) is 6.12. The first kappa shape index (κ1) is 13.3. The van der Waals surface area contributed by atoms with Crippen LogP contribution in [0.15, 0.2) is 12.5 Å². The van der Waals surface area contributed by atoms with Crippen LogP contribution < -0.4 is 10.6 Å². The number of ether oxygens (including phenoxy) is 1. The van der Waals surface area contributed by atoms with Gasteiger partial charge in [-0.2, -0.15) is 0 Å². The number of hydrogen-bond acceptors (Lipinski definition) is 6. The van der Waals surface area contributed by atoms with Crippen molar-refractivity contribution in [2.24, 2.45) is 0 Å². The van der Waals surface area contributed by atoms with Crippen LogP contribution in [-0.4, -0.2) is 41.5 Å². The van der Waals surface area contributed by atoms with Crippen molar-refractivity contribution in [1.29, 1.82) is 0 Å². The first-order chi connectivity index (χ1) is 9.20. The number of carbonyl (C=O) groups is 2. The molecule has 0 unspecified atom stereocenters. The van der Waals surface area contributed by atoms with Gasteiger partial charge in [-0.05, 0) is 12.8 Å². The third-order valence-electron chi connectivity index (χ3n) is 2.70. The zero-order valence-electron chi connectivity index (χ0n) is 10.7. The standard InChI is InChI=1S/C12H16N4O3/c1-19-12(18)9-6-13-7-15-11(9)14-5-4-10(17)16-8-2-3-8/h6-8H,2-5H2,1H3,(H,16,17)(H,13,14,15). The number of carbonyl (C=O) groups excluding carboxylic acids is 2. The number of nitrogens with one attached hydrogen (secondary N) is 2. The molecule has 0 aromatic carbocycles. The summed E-state index contributed by atoms with van der Waals surface area (Å²) in [5.41, 5.74) is 0.257. The van der Waals surface area contributed by atoms with E-state index in [1.165, 1.54) is 19.6 Å². The van der Waals surface area contributed by atoms with Crippen LogP contribution in [-0.2, 0) is 9.53 Å². The van der Waals surface area contributed by atoms with Crippen molar-refractivity contribution in [2.75, 3.05) is 19.0 Å². The molecule has 1 saturated carbocycles. The van der Waals surface area contributed by atoms with E-state index in [1.807, 2.05) is 0 Å². The van der Waals surface area contributed by atoms with E-state index in [2.05, 4.69) is 25.3 Å². The van der Waals surface area contributed by atoms with Gasteiger partial charge in [-0.25, -0.2) is 14.8 Å². The van der Waals surface area contributed by atoms with Gasteiger partial charge in [-0.3, -0.25) is 4.79 Å². The third kappa shape index (κ3) is 3.90. The molecule has 2 rings (SSSR count). The summed E-state index contributed by atoms with van der Waals surface area (Å²) in [7, 11) is 1.29. The Morgan fingerprint density at radius 2 is 2.26 bits per heavy atom. The number of esters is 1. The van der Waals surface area contributed by atoms with Gasteiger partial charge in [-0.15, -0.1) is 0 Å². The second-order valence-corrected chi connectivity index (χ2v) is 4.30. The molecule has 1 aliphatic carbocycles. The third-order valence-corrected chi connectivity index (χ3v) is 2.70. The largest absolute Gasteiger partial charge is 0.465 e. The molecule has 0 spiro atoms. The highest BCUT2D eigenvalue weighted by Gasteiger charge is 2.22. The number of nitrogens with zero attached hydrogens (tertiary/aromatic N) is 2. The quantitative estimate of drug-likeness (QED) is 0.720. The topological polar surface area (TPSA) is 93.2 Å². The second-order valence-electron chi connectivity index (χ2n) is 4.30. The Labute approximate surface area is 110 Å². The van der Waals surface area contributed by atoms with Crippen LogP contribution >= 0.6 is 0 Å². The zero-order chi connectivity index (χ0) is 13.7. The Morgan fingerprint density at radius 3 is 2.95 bits per heavy atom. The summed E-state index contributed by atoms with van der Waals surface area (Å²) in [5, 5.41) is 5.83. The molecule has 0 radical (unpaired) electrons. The minimum Gasteiger partial charge on any atom is -0.465 e. The van der Waals surface area contributed by atoms with Crippen LogP contribution in [0.3, 0.4) is 0 Å². The van der Waals surface area contributed by atoms with Crippen LogP contribution in [0.1, 0.15) is 29.6 Å². The van der Waals surface area contributed by atoms with Crippen molar-refractivity contribution in [3.05, 3.63) is 18.1 Å². The lowest BCUT2D eigenvalue weighted by molar-refractivity contribution is -0.120. The maximum atomic E-state index is 11.5. The van der Waals surface area contributed by atoms with Crippen LogP contribution in [0.2, 0.25) is 0 Å². The first-order valence-electron chi connectivity index (χ1n) is 6.12. The van der Waals surface area contributed by atoms with E-state index in [9.17, 15) is 9.59 Å². The van der Waals surface area contributed by atoms with E-state index < -0.39 is 5.97 Å². The monoisotopic (exact) mass is 264 g/mol. The summed E-state index contributed by atoms with van der Waals surface area (Å²) in [6.45, 7) is 0.402. The molecule has 1 aromatic rings. The molecule has 7 nitrogen and oxygen atoms in total. The van der Waals surface area contributed by atoms with Crippen molar-refractivity contribution < 1.29 is 14.3 Å². The number of hydrogen-bond donors (Lipinski definition) is 2. The average Bonchev–Trinajstić information content (AvgIpc) is 3.22. The molecule has 1 fully saturated rings. The highest BCUT2D eigenvalue weighted by Crippen LogP contribution is 2.18. The molecule has 19 heavy (non-hydrogen) atoms. The van der Waals surface area contributed by atoms with E-state index >= 15 is 0 Å². The normalized spacial score (nSPS) is 13.7. The van der Waals surface area contributed by atoms with E-state index in [0.29, 0.717) is 24.8 Å². The molecule has 0 bridgehead atoms. The summed E-state index contributed by atoms with van der Waals surface area (Å²) in [6.07, 6.45) is 5.18. The van der Waals surface area contributed by atoms with E-state index in [4.69, 9.17) is 0 Å². The lowest BCUT2D eigenvalue weighted by Gasteiger charge is -2.08. The molecule has 0 aliphatic heterocycles. The second kappa shape index (κ2) is 6.12. The van der Waals surface area contributed by atoms with Crippen molar-refractivity contribution in [3.63, 3.8) is 0 Å². The predicted octanol–water partition coefficient (Wildman–Crippen LogP) is 0.344. The lowest BCUT2D eigenvalue weighted by Crippen LogP contribution is -2.27. The summed E-state index contributed by atoms with van der Waals surface area (Å²) < 4.78 is 4.63. The van der Waals surface area contributed by atoms with Gasteiger partial charge < -0.3 is 15.4 Å². The zero-order valence-corrected chi connectivity index (χ0v) is 10.7. The molecule has 1 amide bonds. The SMILES string of the molecule is COC(=O)c1cncnc1NCCC(=O)NC1CC1. The summed E-state index contributed by atoms with van der Waals surface area (Å²) >= 11 is 0. The van der Waals surface area contributed by atoms with E-state index in [1.54, 1.807) is 0 Å². The fraction of sp³-hybridized carbons (Fsp3) is 0.500. The summed E-state index contributed by atoms with van der Waals surface area (Å²) in [5.74, 6) is -0.129. The van der Waals surface area contributed by atoms with Crippen LogP contribution in [0, 0.1) is 0 Å². The molecule has 1 aromatic heterocycles. The van der Waals surface area contributed by atoms with E-state index in [0.717, 1.165) is 12.8 Å². The van der Waals surface area contributed by atoms with Crippen molar-refractivity contribution in [1.82, 2.24) is 15.3 Å². The van der Waals surface area contributed by atoms with Gasteiger partial charge in [0.1, 0.15) is 17.7 Å². The minimum absolute atomic E-state index is 0.00340. The van der Waals surface area contributed by atoms with Crippen LogP contribution in [0.25, 0.3) is 0 Å². The maximum absolute atomic E-state index is 11.5. The highest BCUT2D eigenvalue weighted by atomic mass is 16.5. The number of anilines is 1. The Balaban J connectivity index is 1.84. The summed E-state index contributed by atoms with van der Waals surface area (Å²) in [6, 6.07) is 0.359. The molecule has 102 valence electrons. The van der Waals surface area contributed by atoms with Gasteiger partial charge in [0.05, 0.1) is 7.11 Å². The molecular formula is C12H16N4O3. The van der Waals surface area contributed by atoms with Crippen molar-refractivity contribution >= 4 is 17.7 Å². The Morgan fingerprint density at radius 1 is 1.47 bits per heavy atom. The van der Waals surface area contributed by atoms with Crippen LogP contribution in [0.4, 0.5) is 5.82 Å². The highest BCUT2D eigenvalue weighted by molar-refractivity contribution is 5.94. The molecule has 1 aliphatic rings.